The summed E-state index contributed by atoms with van der Waals surface area (Å²) in [5.41, 5.74) is 2.02. The van der Waals surface area contributed by atoms with E-state index >= 15 is 0 Å². The summed E-state index contributed by atoms with van der Waals surface area (Å²) in [6.45, 7) is 5.52. The van der Waals surface area contributed by atoms with Gasteiger partial charge < -0.3 is 9.13 Å². The number of aryl methyl sites for hydroxylation is 3. The van der Waals surface area contributed by atoms with E-state index in [9.17, 15) is 9.59 Å². The molecule has 4 rings (SSSR count). The van der Waals surface area contributed by atoms with Gasteiger partial charge in [0, 0.05) is 26.3 Å². The minimum absolute atomic E-state index is 0.336. The molecule has 0 saturated heterocycles. The zero-order chi connectivity index (χ0) is 21.3. The summed E-state index contributed by atoms with van der Waals surface area (Å²) in [4.78, 5) is 35.7. The van der Waals surface area contributed by atoms with Gasteiger partial charge in [-0.1, -0.05) is 24.3 Å². The third-order valence-corrected chi connectivity index (χ3v) is 5.69. The normalized spacial score (nSPS) is 11.4. The van der Waals surface area contributed by atoms with E-state index in [1.165, 1.54) is 16.5 Å². The van der Waals surface area contributed by atoms with Crippen LogP contribution in [0.2, 0.25) is 0 Å². The number of hydrogen-bond donors (Lipinski definition) is 2. The highest BCUT2D eigenvalue weighted by Gasteiger charge is 2.13. The van der Waals surface area contributed by atoms with Crippen LogP contribution in [0.4, 0.5) is 0 Å². The Bertz CT molecular complexity index is 1280. The van der Waals surface area contributed by atoms with Crippen molar-refractivity contribution < 1.29 is 0 Å². The van der Waals surface area contributed by atoms with Gasteiger partial charge in [-0.2, -0.15) is 0 Å². The highest BCUT2D eigenvalue weighted by atomic mass is 32.2. The number of H-pyrrole nitrogens is 1. The van der Waals surface area contributed by atoms with Crippen molar-refractivity contribution in [3.05, 3.63) is 74.6 Å². The molecule has 2 N–H and O–H groups in total. The fourth-order valence-corrected chi connectivity index (χ4v) is 4.00. The summed E-state index contributed by atoms with van der Waals surface area (Å²) in [5, 5.41) is 0.930. The summed E-state index contributed by atoms with van der Waals surface area (Å²) in [5.74, 6) is 0.971. The molecule has 0 aliphatic carbocycles. The summed E-state index contributed by atoms with van der Waals surface area (Å²) < 4.78 is 8.52. The van der Waals surface area contributed by atoms with E-state index in [2.05, 4.69) is 19.7 Å². The summed E-state index contributed by atoms with van der Waals surface area (Å²) >= 11 is 1.49. The van der Waals surface area contributed by atoms with Crippen LogP contribution >= 0.6 is 11.9 Å². The first-order chi connectivity index (χ1) is 14.5. The van der Waals surface area contributed by atoms with Crippen LogP contribution in [0.3, 0.4) is 0 Å². The van der Waals surface area contributed by atoms with Gasteiger partial charge >= 0.3 is 5.69 Å². The lowest BCUT2D eigenvalue weighted by molar-refractivity contribution is 0.742. The average molecular weight is 426 g/mol. The van der Waals surface area contributed by atoms with Crippen molar-refractivity contribution >= 4 is 23.1 Å². The zero-order valence-electron chi connectivity index (χ0n) is 17.0. The first-order valence-corrected chi connectivity index (χ1v) is 10.4. The number of benzene rings is 1. The van der Waals surface area contributed by atoms with Crippen LogP contribution in [0.15, 0.2) is 51.4 Å². The van der Waals surface area contributed by atoms with E-state index in [0.717, 1.165) is 22.0 Å². The molecule has 3 heterocycles. The molecular weight excluding hydrogens is 402 g/mol. The number of aromatic nitrogens is 6. The molecule has 0 spiro atoms. The zero-order valence-corrected chi connectivity index (χ0v) is 17.9. The Kier molecular flexibility index (Phi) is 5.60. The van der Waals surface area contributed by atoms with Crippen LogP contribution in [0.5, 0.6) is 0 Å². The van der Waals surface area contributed by atoms with Crippen LogP contribution < -0.4 is 16.0 Å². The highest BCUT2D eigenvalue weighted by Crippen LogP contribution is 2.15. The van der Waals surface area contributed by atoms with Gasteiger partial charge in [0.05, 0.1) is 12.9 Å². The van der Waals surface area contributed by atoms with E-state index in [4.69, 9.17) is 0 Å². The fraction of sp³-hybridized carbons (Fsp3) is 0.300. The highest BCUT2D eigenvalue weighted by molar-refractivity contribution is 7.97. The second-order valence-corrected chi connectivity index (χ2v) is 7.94. The van der Waals surface area contributed by atoms with Crippen LogP contribution in [0.1, 0.15) is 23.9 Å². The fourth-order valence-electron chi connectivity index (χ4n) is 3.22. The third-order valence-electron chi connectivity index (χ3n) is 5.00. The quantitative estimate of drug-likeness (QED) is 0.438. The molecule has 9 nitrogen and oxygen atoms in total. The van der Waals surface area contributed by atoms with Crippen LogP contribution in [0.25, 0.3) is 11.2 Å². The first kappa shape index (κ1) is 20.2. The molecule has 0 aliphatic rings. The minimum atomic E-state index is -0.457. The lowest BCUT2D eigenvalue weighted by Gasteiger charge is -2.08. The van der Waals surface area contributed by atoms with Gasteiger partial charge in [-0.05, 0) is 36.9 Å². The number of fused-ring (bicyclic) bond motifs is 1. The van der Waals surface area contributed by atoms with Crippen molar-refractivity contribution in [3.8, 4) is 0 Å². The molecular formula is C20H23N7O2S. The molecule has 10 heteroatoms. The van der Waals surface area contributed by atoms with Gasteiger partial charge in [-0.25, -0.2) is 14.8 Å². The van der Waals surface area contributed by atoms with Gasteiger partial charge in [-0.3, -0.25) is 19.1 Å². The van der Waals surface area contributed by atoms with Crippen molar-refractivity contribution in [2.45, 2.75) is 38.5 Å². The summed E-state index contributed by atoms with van der Waals surface area (Å²) in [6, 6.07) is 8.00. The standard InChI is InChI=1S/C20H23N7O2S/c1-4-26-12-21-18-17(26)19(28)24-20(29)27(18)10-15-7-5-14(6-8-15)9-22-30-16-11-25(3)13(2)23-16/h5-8,11-12,22H,4,9-10H2,1-3H3,(H,24,28,29). The monoisotopic (exact) mass is 425 g/mol. The van der Waals surface area contributed by atoms with Crippen molar-refractivity contribution in [2.24, 2.45) is 7.05 Å². The van der Waals surface area contributed by atoms with Crippen LogP contribution in [-0.4, -0.2) is 28.7 Å². The largest absolute Gasteiger partial charge is 0.337 e. The SMILES string of the molecule is CCn1cnc2c1c(=O)[nH]c(=O)n2Cc1ccc(CNSc2cn(C)c(C)n2)cc1. The molecule has 0 aliphatic heterocycles. The summed E-state index contributed by atoms with van der Waals surface area (Å²) in [7, 11) is 1.97. The maximum absolute atomic E-state index is 12.4. The molecule has 0 amide bonds. The van der Waals surface area contributed by atoms with Gasteiger partial charge in [0.25, 0.3) is 5.56 Å². The van der Waals surface area contributed by atoms with Crippen molar-refractivity contribution in [3.63, 3.8) is 0 Å². The van der Waals surface area contributed by atoms with Crippen LogP contribution in [0, 0.1) is 6.92 Å². The Hall–Kier alpha value is -3.11. The smallest absolute Gasteiger partial charge is 0.330 e. The van der Waals surface area contributed by atoms with Crippen molar-refractivity contribution in [2.75, 3.05) is 0 Å². The predicted octanol–water partition coefficient (Wildman–Crippen LogP) is 1.79. The second-order valence-electron chi connectivity index (χ2n) is 7.03. The van der Waals surface area contributed by atoms with Crippen LogP contribution in [-0.2, 0) is 26.7 Å². The molecule has 4 aromatic rings. The number of nitrogens with one attached hydrogen (secondary N) is 2. The molecule has 30 heavy (non-hydrogen) atoms. The van der Waals surface area contributed by atoms with E-state index in [1.54, 1.807) is 10.9 Å². The van der Waals surface area contributed by atoms with Gasteiger partial charge in [0.15, 0.2) is 11.2 Å². The van der Waals surface area contributed by atoms with E-state index in [-0.39, 0.29) is 0 Å². The molecule has 0 atom stereocenters. The Morgan fingerprint density at radius 3 is 2.57 bits per heavy atom. The van der Waals surface area contributed by atoms with E-state index in [0.29, 0.717) is 30.8 Å². The molecule has 1 aromatic carbocycles. The maximum atomic E-state index is 12.4. The Morgan fingerprint density at radius 1 is 1.17 bits per heavy atom. The minimum Gasteiger partial charge on any atom is -0.337 e. The number of aromatic amines is 1. The van der Waals surface area contributed by atoms with Gasteiger partial charge in [-0.15, -0.1) is 0 Å². The number of imidazole rings is 2. The topological polar surface area (TPSA) is 103 Å². The van der Waals surface area contributed by atoms with Crippen molar-refractivity contribution in [1.29, 1.82) is 0 Å². The predicted molar refractivity (Wildman–Crippen MR) is 116 cm³/mol. The van der Waals surface area contributed by atoms with Gasteiger partial charge in [0.1, 0.15) is 10.9 Å². The number of hydrogen-bond acceptors (Lipinski definition) is 6. The first-order valence-electron chi connectivity index (χ1n) is 9.61. The third kappa shape index (κ3) is 3.96. The summed E-state index contributed by atoms with van der Waals surface area (Å²) in [6.07, 6.45) is 3.57. The molecule has 156 valence electrons. The molecule has 3 aromatic heterocycles. The Balaban J connectivity index is 1.47. The maximum Gasteiger partial charge on any atom is 0.330 e. The lowest BCUT2D eigenvalue weighted by atomic mass is 10.1. The lowest BCUT2D eigenvalue weighted by Crippen LogP contribution is -2.31. The van der Waals surface area contributed by atoms with Gasteiger partial charge in [0.2, 0.25) is 0 Å². The number of rotatable bonds is 7. The molecule has 0 unspecified atom stereocenters. The van der Waals surface area contributed by atoms with E-state index in [1.807, 2.05) is 55.9 Å². The average Bonchev–Trinajstić information content (AvgIpc) is 3.29. The van der Waals surface area contributed by atoms with Crippen molar-refractivity contribution in [1.82, 2.24) is 33.4 Å². The second kappa shape index (κ2) is 8.33. The molecule has 0 fully saturated rings. The molecule has 0 saturated carbocycles. The van der Waals surface area contributed by atoms with E-state index < -0.39 is 11.2 Å². The Morgan fingerprint density at radius 2 is 1.90 bits per heavy atom. The molecule has 0 bridgehead atoms. The number of nitrogens with zero attached hydrogens (tertiary/aromatic N) is 5. The molecule has 0 radical (unpaired) electrons. The Labute approximate surface area is 176 Å².